The minimum Gasteiger partial charge on any atom is -0.480 e. The number of hydrogen-bond acceptors (Lipinski definition) is 5. The molecule has 5 nitrogen and oxygen atoms in total. The van der Waals surface area contributed by atoms with Crippen molar-refractivity contribution in [1.29, 1.82) is 0 Å². The number of nitrogens with two attached hydrogens (primary N) is 2. The molecule has 0 aliphatic heterocycles. The van der Waals surface area contributed by atoms with Gasteiger partial charge in [-0.2, -0.15) is 0 Å². The molecule has 0 aromatic rings. The van der Waals surface area contributed by atoms with Crippen LogP contribution in [0.1, 0.15) is 0 Å². The van der Waals surface area contributed by atoms with Crippen molar-refractivity contribution >= 4 is 18.9 Å². The fourth-order valence-electron chi connectivity index (χ4n) is 0.206. The molecule has 0 saturated heterocycles. The zero-order chi connectivity index (χ0) is 7.44. The Morgan fingerprint density at radius 3 is 2.22 bits per heavy atom. The van der Waals surface area contributed by atoms with E-state index >= 15 is 0 Å². The van der Waals surface area contributed by atoms with Gasteiger partial charge in [0.05, 0.1) is 0 Å². The van der Waals surface area contributed by atoms with Gasteiger partial charge in [-0.3, -0.25) is 8.98 Å². The highest BCUT2D eigenvalue weighted by Gasteiger charge is 2.19. The smallest absolute Gasteiger partial charge is 0.324 e. The third kappa shape index (κ3) is 2.66. The molecular formula is C3H8N2O3S. The lowest BCUT2D eigenvalue weighted by atomic mass is 10.3. The summed E-state index contributed by atoms with van der Waals surface area (Å²) in [5.41, 5.74) is 9.99. The molecule has 0 fully saturated rings. The highest BCUT2D eigenvalue weighted by Crippen LogP contribution is 1.91. The summed E-state index contributed by atoms with van der Waals surface area (Å²) in [5, 5.41) is 8.16. The molecule has 0 rings (SSSR count). The third-order valence-corrected chi connectivity index (χ3v) is 1.00. The Morgan fingerprint density at radius 2 is 2.11 bits per heavy atom. The first-order chi connectivity index (χ1) is 4.09. The van der Waals surface area contributed by atoms with E-state index in [-0.39, 0.29) is 0 Å². The molecule has 0 saturated carbocycles. The van der Waals surface area contributed by atoms with Crippen LogP contribution in [0.3, 0.4) is 0 Å². The van der Waals surface area contributed by atoms with Crippen molar-refractivity contribution in [2.75, 3.05) is 0 Å². The average Bonchev–Trinajstić information content (AvgIpc) is 1.84. The quantitative estimate of drug-likeness (QED) is 0.225. The summed E-state index contributed by atoms with van der Waals surface area (Å²) in [5.74, 6) is -1.21. The highest BCUT2D eigenvalue weighted by molar-refractivity contribution is 7.75. The summed E-state index contributed by atoms with van der Waals surface area (Å²) in [6.07, 6.45) is -1.06. The van der Waals surface area contributed by atoms with Crippen molar-refractivity contribution in [2.45, 2.75) is 12.3 Å². The second-order valence-electron chi connectivity index (χ2n) is 1.43. The first-order valence-electron chi connectivity index (χ1n) is 2.13. The Labute approximate surface area is 57.6 Å². The van der Waals surface area contributed by atoms with Gasteiger partial charge in [-0.1, -0.05) is 0 Å². The Morgan fingerprint density at radius 1 is 1.67 bits per heavy atom. The largest absolute Gasteiger partial charge is 0.480 e. The molecule has 54 valence electrons. The second-order valence-corrected chi connectivity index (χ2v) is 1.64. The van der Waals surface area contributed by atoms with Crippen LogP contribution in [0.4, 0.5) is 0 Å². The van der Waals surface area contributed by atoms with E-state index in [4.69, 9.17) is 16.6 Å². The molecule has 0 radical (unpaired) electrons. The van der Waals surface area contributed by atoms with Crippen molar-refractivity contribution < 1.29 is 14.1 Å². The molecule has 5 N–H and O–H groups in total. The number of carboxylic acid groups (broad SMARTS) is 1. The average molecular weight is 152 g/mol. The lowest BCUT2D eigenvalue weighted by molar-refractivity contribution is -0.140. The van der Waals surface area contributed by atoms with Crippen molar-refractivity contribution in [1.82, 2.24) is 0 Å². The molecule has 6 heteroatoms. The second kappa shape index (κ2) is 3.67. The highest BCUT2D eigenvalue weighted by atomic mass is 32.1. The van der Waals surface area contributed by atoms with Crippen molar-refractivity contribution in [3.05, 3.63) is 0 Å². The fourth-order valence-corrected chi connectivity index (χ4v) is 0.337. The predicted molar refractivity (Wildman–Crippen MR) is 33.7 cm³/mol. The summed E-state index contributed by atoms with van der Waals surface area (Å²) in [6, 6.07) is -1.22. The topological polar surface area (TPSA) is 98.6 Å². The van der Waals surface area contributed by atoms with E-state index in [0.717, 1.165) is 0 Å². The summed E-state index contributed by atoms with van der Waals surface area (Å²) in [7, 11) is 0. The minimum atomic E-state index is -1.22. The van der Waals surface area contributed by atoms with Gasteiger partial charge in [0.2, 0.25) is 0 Å². The number of aliphatic carboxylic acids is 1. The van der Waals surface area contributed by atoms with Crippen LogP contribution in [0.15, 0.2) is 0 Å². The number of carboxylic acids is 1. The fraction of sp³-hybridized carbons (Fsp3) is 0.667. The Balaban J connectivity index is 3.72. The first kappa shape index (κ1) is 8.70. The van der Waals surface area contributed by atoms with E-state index < -0.39 is 18.2 Å². The molecule has 9 heavy (non-hydrogen) atoms. The van der Waals surface area contributed by atoms with Crippen LogP contribution in [-0.2, 0) is 8.98 Å². The lowest BCUT2D eigenvalue weighted by Gasteiger charge is -2.11. The maximum absolute atomic E-state index is 9.98. The molecule has 0 amide bonds. The minimum absolute atomic E-state index is 1.06. The van der Waals surface area contributed by atoms with Crippen LogP contribution in [0.25, 0.3) is 0 Å². The molecule has 0 bridgehead atoms. The summed E-state index contributed by atoms with van der Waals surface area (Å²) in [6.45, 7) is 0. The van der Waals surface area contributed by atoms with Crippen molar-refractivity contribution in [3.63, 3.8) is 0 Å². The Kier molecular flexibility index (Phi) is 3.55. The van der Waals surface area contributed by atoms with Gasteiger partial charge in [-0.05, 0) is 12.9 Å². The molecule has 0 spiro atoms. The van der Waals surface area contributed by atoms with E-state index in [0.29, 0.717) is 0 Å². The van der Waals surface area contributed by atoms with Crippen molar-refractivity contribution in [3.8, 4) is 0 Å². The van der Waals surface area contributed by atoms with Gasteiger partial charge in [-0.15, -0.1) is 0 Å². The van der Waals surface area contributed by atoms with E-state index in [1.807, 2.05) is 0 Å². The zero-order valence-electron chi connectivity index (χ0n) is 4.52. The van der Waals surface area contributed by atoms with Crippen molar-refractivity contribution in [2.24, 2.45) is 11.5 Å². The molecule has 2 unspecified atom stereocenters. The third-order valence-electron chi connectivity index (χ3n) is 0.761. The van der Waals surface area contributed by atoms with Gasteiger partial charge in [0.15, 0.2) is 0 Å². The van der Waals surface area contributed by atoms with E-state index in [1.54, 1.807) is 0 Å². The van der Waals surface area contributed by atoms with E-state index in [1.165, 1.54) is 0 Å². The Bertz CT molecular complexity index is 109. The number of thiol groups is 1. The van der Waals surface area contributed by atoms with Crippen LogP contribution in [0, 0.1) is 0 Å². The van der Waals surface area contributed by atoms with Crippen LogP contribution >= 0.6 is 12.9 Å². The lowest BCUT2D eigenvalue weighted by Crippen LogP contribution is -2.47. The van der Waals surface area contributed by atoms with Crippen LogP contribution in [-0.4, -0.2) is 23.3 Å². The number of carbonyl (C=O) groups is 1. The van der Waals surface area contributed by atoms with Gasteiger partial charge in [-0.25, -0.2) is 0 Å². The number of rotatable bonds is 3. The first-order valence-corrected chi connectivity index (χ1v) is 2.50. The van der Waals surface area contributed by atoms with Gasteiger partial charge >= 0.3 is 5.97 Å². The molecule has 0 aromatic heterocycles. The van der Waals surface area contributed by atoms with Gasteiger partial charge in [0, 0.05) is 0 Å². The van der Waals surface area contributed by atoms with Gasteiger partial charge in [0.25, 0.3) is 0 Å². The Hall–Kier alpha value is -0.300. The maximum atomic E-state index is 9.98. The summed E-state index contributed by atoms with van der Waals surface area (Å²) in [4.78, 5) is 9.98. The molecule has 2 atom stereocenters. The molecule has 0 aliphatic carbocycles. The standard InChI is InChI=1S/C3H8N2O3S/c4-1(3(6)7)2(5)8-9/h1-2,9H,4-5H2,(H,6,7). The van der Waals surface area contributed by atoms with E-state index in [2.05, 4.69) is 17.1 Å². The zero-order valence-corrected chi connectivity index (χ0v) is 5.41. The van der Waals surface area contributed by atoms with Crippen LogP contribution < -0.4 is 11.5 Å². The summed E-state index contributed by atoms with van der Waals surface area (Å²) >= 11 is 3.28. The van der Waals surface area contributed by atoms with E-state index in [9.17, 15) is 4.79 Å². The summed E-state index contributed by atoms with van der Waals surface area (Å²) < 4.78 is 4.14. The SMILES string of the molecule is NC(OS)C(N)C(=O)O. The monoisotopic (exact) mass is 152 g/mol. The molecular weight excluding hydrogens is 144 g/mol. The van der Waals surface area contributed by atoms with Gasteiger partial charge in [0.1, 0.15) is 12.3 Å². The normalized spacial score (nSPS) is 16.8. The molecule has 0 aliphatic rings. The maximum Gasteiger partial charge on any atom is 0.324 e. The van der Waals surface area contributed by atoms with Crippen LogP contribution in [0.5, 0.6) is 0 Å². The molecule has 0 aromatic carbocycles. The molecule has 0 heterocycles. The number of hydrogen-bond donors (Lipinski definition) is 4. The van der Waals surface area contributed by atoms with Crippen LogP contribution in [0.2, 0.25) is 0 Å². The van der Waals surface area contributed by atoms with Gasteiger partial charge < -0.3 is 16.6 Å². The predicted octanol–water partition coefficient (Wildman–Crippen LogP) is -1.46.